The van der Waals surface area contributed by atoms with Gasteiger partial charge in [-0.3, -0.25) is 24.9 Å². The predicted molar refractivity (Wildman–Crippen MR) is 59.5 cm³/mol. The van der Waals surface area contributed by atoms with Gasteiger partial charge in [-0.2, -0.15) is 0 Å². The Bertz CT molecular complexity index is 686. The summed E-state index contributed by atoms with van der Waals surface area (Å²) in [7, 11) is 0. The van der Waals surface area contributed by atoms with Gasteiger partial charge in [0.15, 0.2) is 5.58 Å². The van der Waals surface area contributed by atoms with Gasteiger partial charge in [0.25, 0.3) is 11.6 Å². The molecule has 1 amide bonds. The van der Waals surface area contributed by atoms with E-state index in [4.69, 9.17) is 10.3 Å². The lowest BCUT2D eigenvalue weighted by Crippen LogP contribution is -2.35. The lowest BCUT2D eigenvalue weighted by molar-refractivity contribution is -0.384. The van der Waals surface area contributed by atoms with Crippen LogP contribution in [0.2, 0.25) is 0 Å². The maximum Gasteiger partial charge on any atom is 0.420 e. The third-order valence-electron chi connectivity index (χ3n) is 2.32. The molecule has 18 heavy (non-hydrogen) atoms. The summed E-state index contributed by atoms with van der Waals surface area (Å²) in [5.41, 5.74) is 1.98. The van der Waals surface area contributed by atoms with E-state index in [0.717, 1.165) is 10.6 Å². The quantitative estimate of drug-likeness (QED) is 0.327. The van der Waals surface area contributed by atoms with E-state index < -0.39 is 16.6 Å². The molecule has 94 valence electrons. The average Bonchev–Trinajstić information content (AvgIpc) is 2.65. The van der Waals surface area contributed by atoms with Gasteiger partial charge in [-0.05, 0) is 6.07 Å². The molecular weight excluding hydrogens is 244 g/mol. The second-order valence-electron chi connectivity index (χ2n) is 3.43. The first kappa shape index (κ1) is 11.8. The van der Waals surface area contributed by atoms with Gasteiger partial charge in [0.1, 0.15) is 6.54 Å². The number of aromatic nitrogens is 1. The standard InChI is InChI=1S/C9H8N4O5/c10-11-8(14)4-12-6-3-5(13(16)17)1-2-7(6)18-9(12)15/h1-3H,4,10H2,(H,11,14). The number of nitrogens with two attached hydrogens (primary N) is 1. The number of nitrogens with one attached hydrogen (secondary N) is 1. The highest BCUT2D eigenvalue weighted by molar-refractivity contribution is 5.80. The van der Waals surface area contributed by atoms with Crippen molar-refractivity contribution in [2.24, 2.45) is 5.84 Å². The number of benzene rings is 1. The molecule has 0 radical (unpaired) electrons. The van der Waals surface area contributed by atoms with E-state index in [1.807, 2.05) is 5.43 Å². The molecule has 0 unspecified atom stereocenters. The van der Waals surface area contributed by atoms with E-state index in [2.05, 4.69) is 0 Å². The van der Waals surface area contributed by atoms with Gasteiger partial charge >= 0.3 is 5.76 Å². The zero-order valence-electron chi connectivity index (χ0n) is 8.95. The Labute approximate surface area is 98.9 Å². The van der Waals surface area contributed by atoms with E-state index in [9.17, 15) is 19.7 Å². The number of hydrogen-bond acceptors (Lipinski definition) is 6. The summed E-state index contributed by atoms with van der Waals surface area (Å²) in [6.45, 7) is -0.372. The molecule has 2 aromatic rings. The number of oxazole rings is 1. The molecule has 0 aliphatic carbocycles. The normalized spacial score (nSPS) is 10.5. The van der Waals surface area contributed by atoms with Crippen LogP contribution in [0.4, 0.5) is 5.69 Å². The number of rotatable bonds is 3. The largest absolute Gasteiger partial charge is 0.420 e. The number of hydrogen-bond donors (Lipinski definition) is 2. The highest BCUT2D eigenvalue weighted by atomic mass is 16.6. The summed E-state index contributed by atoms with van der Waals surface area (Å²) in [6, 6.07) is 3.66. The summed E-state index contributed by atoms with van der Waals surface area (Å²) < 4.78 is 5.81. The molecule has 0 atom stereocenters. The van der Waals surface area contributed by atoms with E-state index in [0.29, 0.717) is 0 Å². The second-order valence-corrected chi connectivity index (χ2v) is 3.43. The van der Waals surface area contributed by atoms with Crippen LogP contribution in [0.25, 0.3) is 11.1 Å². The zero-order chi connectivity index (χ0) is 13.3. The Hall–Kier alpha value is -2.68. The van der Waals surface area contributed by atoms with E-state index in [1.165, 1.54) is 12.1 Å². The first-order valence-corrected chi connectivity index (χ1v) is 4.80. The number of nitro groups is 1. The fourth-order valence-electron chi connectivity index (χ4n) is 1.50. The number of fused-ring (bicyclic) bond motifs is 1. The van der Waals surface area contributed by atoms with Crippen LogP contribution in [0.5, 0.6) is 0 Å². The van der Waals surface area contributed by atoms with Crippen LogP contribution >= 0.6 is 0 Å². The number of amides is 1. The third kappa shape index (κ3) is 1.94. The average molecular weight is 252 g/mol. The molecule has 1 aromatic carbocycles. The molecule has 1 aromatic heterocycles. The molecule has 0 saturated carbocycles. The number of nitro benzene ring substituents is 1. The summed E-state index contributed by atoms with van der Waals surface area (Å²) >= 11 is 0. The lowest BCUT2D eigenvalue weighted by Gasteiger charge is -2.00. The van der Waals surface area contributed by atoms with Gasteiger partial charge in [-0.1, -0.05) is 0 Å². The Morgan fingerprint density at radius 2 is 2.28 bits per heavy atom. The minimum atomic E-state index is -0.783. The van der Waals surface area contributed by atoms with Crippen LogP contribution < -0.4 is 17.0 Å². The van der Waals surface area contributed by atoms with Crippen molar-refractivity contribution in [3.05, 3.63) is 38.9 Å². The number of hydrazine groups is 1. The number of non-ortho nitro benzene ring substituents is 1. The van der Waals surface area contributed by atoms with E-state index in [1.54, 1.807) is 0 Å². The van der Waals surface area contributed by atoms with Crippen molar-refractivity contribution < 1.29 is 14.1 Å². The Balaban J connectivity index is 2.60. The first-order valence-electron chi connectivity index (χ1n) is 4.80. The Morgan fingerprint density at radius 1 is 1.56 bits per heavy atom. The predicted octanol–water partition coefficient (Wildman–Crippen LogP) is -0.507. The van der Waals surface area contributed by atoms with Gasteiger partial charge < -0.3 is 4.42 Å². The van der Waals surface area contributed by atoms with Crippen LogP contribution in [0.15, 0.2) is 27.4 Å². The molecule has 0 aliphatic rings. The minimum Gasteiger partial charge on any atom is -0.408 e. The van der Waals surface area contributed by atoms with E-state index >= 15 is 0 Å². The van der Waals surface area contributed by atoms with Crippen molar-refractivity contribution >= 4 is 22.7 Å². The van der Waals surface area contributed by atoms with Crippen molar-refractivity contribution in [1.29, 1.82) is 0 Å². The molecule has 1 heterocycles. The van der Waals surface area contributed by atoms with E-state index in [-0.39, 0.29) is 23.3 Å². The zero-order valence-corrected chi connectivity index (χ0v) is 8.95. The highest BCUT2D eigenvalue weighted by Crippen LogP contribution is 2.19. The molecule has 0 aliphatic heterocycles. The van der Waals surface area contributed by atoms with Crippen LogP contribution in [0.3, 0.4) is 0 Å². The summed E-state index contributed by atoms with van der Waals surface area (Å²) in [6.07, 6.45) is 0. The second kappa shape index (κ2) is 4.30. The highest BCUT2D eigenvalue weighted by Gasteiger charge is 2.15. The number of nitrogens with zero attached hydrogens (tertiary/aromatic N) is 2. The molecule has 9 heteroatoms. The first-order chi connectivity index (χ1) is 8.52. The van der Waals surface area contributed by atoms with Gasteiger partial charge in [-0.15, -0.1) is 0 Å². The summed E-state index contributed by atoms with van der Waals surface area (Å²) in [5, 5.41) is 10.6. The van der Waals surface area contributed by atoms with Gasteiger partial charge in [0, 0.05) is 12.1 Å². The summed E-state index contributed by atoms with van der Waals surface area (Å²) in [4.78, 5) is 32.6. The number of carbonyl (C=O) groups excluding carboxylic acids is 1. The number of carbonyl (C=O) groups is 1. The Morgan fingerprint density at radius 3 is 2.89 bits per heavy atom. The van der Waals surface area contributed by atoms with Crippen molar-refractivity contribution in [2.45, 2.75) is 6.54 Å². The third-order valence-corrected chi connectivity index (χ3v) is 2.32. The molecule has 0 fully saturated rings. The van der Waals surface area contributed by atoms with Crippen LogP contribution in [0.1, 0.15) is 0 Å². The molecule has 0 bridgehead atoms. The molecule has 9 nitrogen and oxygen atoms in total. The van der Waals surface area contributed by atoms with Gasteiger partial charge in [-0.25, -0.2) is 10.6 Å². The van der Waals surface area contributed by atoms with Gasteiger partial charge in [0.2, 0.25) is 0 Å². The molecule has 3 N–H and O–H groups in total. The fourth-order valence-corrected chi connectivity index (χ4v) is 1.50. The summed E-state index contributed by atoms with van der Waals surface area (Å²) in [5.74, 6) is 3.50. The fraction of sp³-hybridized carbons (Fsp3) is 0.111. The van der Waals surface area contributed by atoms with Crippen LogP contribution in [-0.4, -0.2) is 15.4 Å². The Kier molecular flexibility index (Phi) is 2.81. The van der Waals surface area contributed by atoms with Crippen molar-refractivity contribution in [3.8, 4) is 0 Å². The monoisotopic (exact) mass is 252 g/mol. The lowest BCUT2D eigenvalue weighted by atomic mass is 10.3. The van der Waals surface area contributed by atoms with Crippen molar-refractivity contribution in [1.82, 2.24) is 9.99 Å². The van der Waals surface area contributed by atoms with Gasteiger partial charge in [0.05, 0.1) is 10.4 Å². The molecule has 0 spiro atoms. The minimum absolute atomic E-state index is 0.162. The molecular formula is C9H8N4O5. The maximum absolute atomic E-state index is 11.5. The topological polar surface area (TPSA) is 133 Å². The van der Waals surface area contributed by atoms with Crippen LogP contribution in [0, 0.1) is 10.1 Å². The molecule has 0 saturated heterocycles. The van der Waals surface area contributed by atoms with Crippen LogP contribution in [-0.2, 0) is 11.3 Å². The smallest absolute Gasteiger partial charge is 0.408 e. The van der Waals surface area contributed by atoms with Crippen molar-refractivity contribution in [2.75, 3.05) is 0 Å². The SMILES string of the molecule is NNC(=O)Cn1c(=O)oc2ccc([N+](=O)[O-])cc21. The van der Waals surface area contributed by atoms with Crippen molar-refractivity contribution in [3.63, 3.8) is 0 Å². The molecule has 2 rings (SSSR count). The maximum atomic E-state index is 11.5.